The van der Waals surface area contributed by atoms with Crippen LogP contribution in [0.25, 0.3) is 11.0 Å². The lowest BCUT2D eigenvalue weighted by Crippen LogP contribution is -2.36. The van der Waals surface area contributed by atoms with Crippen molar-refractivity contribution in [3.8, 4) is 0 Å². The highest BCUT2D eigenvalue weighted by atomic mass is 19.3. The van der Waals surface area contributed by atoms with Crippen LogP contribution in [0.15, 0.2) is 24.3 Å². The molecule has 0 amide bonds. The van der Waals surface area contributed by atoms with Gasteiger partial charge in [0.25, 0.3) is 0 Å². The Balaban J connectivity index is 1.71. The molecule has 0 spiro atoms. The Morgan fingerprint density at radius 3 is 2.84 bits per heavy atom. The van der Waals surface area contributed by atoms with Gasteiger partial charge in [0.05, 0.1) is 22.5 Å². The molecule has 2 aliphatic rings. The molecule has 1 aromatic carbocycles. The van der Waals surface area contributed by atoms with E-state index in [-0.39, 0.29) is 12.0 Å². The molecule has 1 unspecified atom stereocenters. The van der Waals surface area contributed by atoms with Crippen molar-refractivity contribution in [1.82, 2.24) is 14.5 Å². The van der Waals surface area contributed by atoms with Crippen molar-refractivity contribution in [3.63, 3.8) is 0 Å². The van der Waals surface area contributed by atoms with E-state index in [1.165, 1.54) is 0 Å². The molecule has 0 bridgehead atoms. The fourth-order valence-electron chi connectivity index (χ4n) is 4.70. The maximum atomic E-state index is 13.7. The molecule has 2 heterocycles. The lowest BCUT2D eigenvalue weighted by Gasteiger charge is -2.27. The second-order valence-corrected chi connectivity index (χ2v) is 7.26. The van der Waals surface area contributed by atoms with Gasteiger partial charge in [-0.15, -0.1) is 0 Å². The van der Waals surface area contributed by atoms with Crippen LogP contribution in [0.4, 0.5) is 8.78 Å². The average Bonchev–Trinajstić information content (AvgIpc) is 3.23. The van der Waals surface area contributed by atoms with Crippen LogP contribution in [0.1, 0.15) is 44.6 Å². The standard InChI is InChI=1S/C18H21F2N3O2/c1-11(22-9-12-5-4-8-18(12,10-22)16(24)25)15-21-13-6-2-3-7-14(13)23(15)17(19)20/h2-3,6-7,11-12,17H,4-5,8-10H2,1H3,(H,24,25)/t11?,12-,18+/m0/s1. The van der Waals surface area contributed by atoms with Gasteiger partial charge in [0.2, 0.25) is 0 Å². The van der Waals surface area contributed by atoms with E-state index in [0.29, 0.717) is 36.4 Å². The third kappa shape index (κ3) is 2.36. The molecule has 1 saturated heterocycles. The van der Waals surface area contributed by atoms with Crippen LogP contribution < -0.4 is 0 Å². The number of alkyl halides is 2. The number of aliphatic carboxylic acids is 1. The molecule has 4 rings (SSSR count). The first-order valence-electron chi connectivity index (χ1n) is 8.66. The largest absolute Gasteiger partial charge is 0.481 e. The molecule has 1 aliphatic heterocycles. The number of rotatable bonds is 4. The second kappa shape index (κ2) is 5.76. The van der Waals surface area contributed by atoms with Crippen molar-refractivity contribution in [2.24, 2.45) is 11.3 Å². The van der Waals surface area contributed by atoms with E-state index in [1.54, 1.807) is 24.3 Å². The number of aromatic nitrogens is 2. The molecule has 7 heteroatoms. The molecule has 1 aliphatic carbocycles. The van der Waals surface area contributed by atoms with Crippen molar-refractivity contribution >= 4 is 17.0 Å². The number of likely N-dealkylation sites (tertiary alicyclic amines) is 1. The lowest BCUT2D eigenvalue weighted by molar-refractivity contribution is -0.149. The van der Waals surface area contributed by atoms with Crippen molar-refractivity contribution in [1.29, 1.82) is 0 Å². The van der Waals surface area contributed by atoms with Crippen molar-refractivity contribution < 1.29 is 18.7 Å². The maximum absolute atomic E-state index is 13.7. The number of benzene rings is 1. The number of imidazole rings is 1. The van der Waals surface area contributed by atoms with Crippen LogP contribution in [0.2, 0.25) is 0 Å². The van der Waals surface area contributed by atoms with Crippen LogP contribution in [0, 0.1) is 11.3 Å². The van der Waals surface area contributed by atoms with Gasteiger partial charge in [-0.1, -0.05) is 18.6 Å². The molecule has 0 radical (unpaired) electrons. The van der Waals surface area contributed by atoms with Gasteiger partial charge in [-0.2, -0.15) is 8.78 Å². The van der Waals surface area contributed by atoms with E-state index in [4.69, 9.17) is 0 Å². The van der Waals surface area contributed by atoms with Gasteiger partial charge in [-0.3, -0.25) is 14.3 Å². The van der Waals surface area contributed by atoms with E-state index in [9.17, 15) is 18.7 Å². The molecule has 2 aromatic rings. The Morgan fingerprint density at radius 1 is 1.40 bits per heavy atom. The summed E-state index contributed by atoms with van der Waals surface area (Å²) in [4.78, 5) is 18.3. The minimum absolute atomic E-state index is 0.0943. The summed E-state index contributed by atoms with van der Waals surface area (Å²) >= 11 is 0. The summed E-state index contributed by atoms with van der Waals surface area (Å²) in [6.45, 7) is 0.192. The SMILES string of the molecule is CC(c1nc2ccccc2n1C(F)F)N1C[C@@H]2CCC[C@@]2(C(=O)O)C1. The minimum atomic E-state index is -2.68. The van der Waals surface area contributed by atoms with Crippen molar-refractivity contribution in [2.45, 2.75) is 38.8 Å². The molecule has 1 saturated carbocycles. The number of nitrogens with zero attached hydrogens (tertiary/aromatic N) is 3. The van der Waals surface area contributed by atoms with Crippen LogP contribution in [0.5, 0.6) is 0 Å². The van der Waals surface area contributed by atoms with Crippen LogP contribution in [-0.4, -0.2) is 38.6 Å². The van der Waals surface area contributed by atoms with Gasteiger partial charge in [-0.05, 0) is 37.8 Å². The topological polar surface area (TPSA) is 58.4 Å². The Morgan fingerprint density at radius 2 is 2.16 bits per heavy atom. The summed E-state index contributed by atoms with van der Waals surface area (Å²) in [6.07, 6.45) is 2.48. The molecule has 2 fully saturated rings. The molecule has 1 aromatic heterocycles. The fourth-order valence-corrected chi connectivity index (χ4v) is 4.70. The number of hydrogen-bond donors (Lipinski definition) is 1. The lowest BCUT2D eigenvalue weighted by atomic mass is 9.81. The Kier molecular flexibility index (Phi) is 3.79. The molecular weight excluding hydrogens is 328 g/mol. The normalized spacial score (nSPS) is 27.9. The quantitative estimate of drug-likeness (QED) is 0.915. The summed E-state index contributed by atoms with van der Waals surface area (Å²) < 4.78 is 28.3. The zero-order valence-electron chi connectivity index (χ0n) is 14.0. The van der Waals surface area contributed by atoms with E-state index < -0.39 is 17.9 Å². The maximum Gasteiger partial charge on any atom is 0.320 e. The Hall–Kier alpha value is -2.02. The first-order valence-corrected chi connectivity index (χ1v) is 8.66. The number of carboxylic acid groups (broad SMARTS) is 1. The third-order valence-electron chi connectivity index (χ3n) is 6.06. The van der Waals surface area contributed by atoms with Gasteiger partial charge in [0.15, 0.2) is 0 Å². The zero-order valence-corrected chi connectivity index (χ0v) is 14.0. The fraction of sp³-hybridized carbons (Fsp3) is 0.556. The highest BCUT2D eigenvalue weighted by molar-refractivity contribution is 5.77. The number of fused-ring (bicyclic) bond motifs is 2. The van der Waals surface area contributed by atoms with E-state index in [0.717, 1.165) is 17.4 Å². The number of halogens is 2. The molecule has 1 N–H and O–H groups in total. The number of para-hydroxylation sites is 2. The first kappa shape index (κ1) is 16.4. The number of hydrogen-bond acceptors (Lipinski definition) is 3. The molecule has 25 heavy (non-hydrogen) atoms. The summed E-state index contributed by atoms with van der Waals surface area (Å²) in [5.41, 5.74) is 0.222. The van der Waals surface area contributed by atoms with Gasteiger partial charge in [-0.25, -0.2) is 4.98 Å². The number of carboxylic acids is 1. The monoisotopic (exact) mass is 349 g/mol. The van der Waals surface area contributed by atoms with E-state index >= 15 is 0 Å². The summed E-state index contributed by atoms with van der Waals surface area (Å²) in [5.74, 6) is -0.361. The first-order chi connectivity index (χ1) is 11.9. The predicted octanol–water partition coefficient (Wildman–Crippen LogP) is 3.68. The third-order valence-corrected chi connectivity index (χ3v) is 6.06. The molecule has 5 nitrogen and oxygen atoms in total. The Labute approximate surface area is 144 Å². The van der Waals surface area contributed by atoms with Gasteiger partial charge < -0.3 is 5.11 Å². The Bertz CT molecular complexity index is 822. The zero-order chi connectivity index (χ0) is 17.8. The van der Waals surface area contributed by atoms with Crippen LogP contribution in [0.3, 0.4) is 0 Å². The molecule has 134 valence electrons. The average molecular weight is 349 g/mol. The molecule has 3 atom stereocenters. The molecular formula is C18H21F2N3O2. The highest BCUT2D eigenvalue weighted by Crippen LogP contribution is 2.50. The number of carbonyl (C=O) groups is 1. The van der Waals surface area contributed by atoms with Crippen LogP contribution >= 0.6 is 0 Å². The highest BCUT2D eigenvalue weighted by Gasteiger charge is 2.55. The van der Waals surface area contributed by atoms with Gasteiger partial charge >= 0.3 is 12.5 Å². The van der Waals surface area contributed by atoms with Gasteiger partial charge in [0.1, 0.15) is 5.82 Å². The van der Waals surface area contributed by atoms with E-state index in [1.807, 2.05) is 11.8 Å². The second-order valence-electron chi connectivity index (χ2n) is 7.26. The smallest absolute Gasteiger partial charge is 0.320 e. The summed E-state index contributed by atoms with van der Waals surface area (Å²) in [7, 11) is 0. The van der Waals surface area contributed by atoms with Crippen molar-refractivity contribution in [3.05, 3.63) is 30.1 Å². The van der Waals surface area contributed by atoms with E-state index in [2.05, 4.69) is 4.98 Å². The van der Waals surface area contributed by atoms with Gasteiger partial charge in [0, 0.05) is 13.1 Å². The summed E-state index contributed by atoms with van der Waals surface area (Å²) in [6, 6.07) is 6.50. The minimum Gasteiger partial charge on any atom is -0.481 e. The summed E-state index contributed by atoms with van der Waals surface area (Å²) in [5, 5.41) is 9.73. The van der Waals surface area contributed by atoms with Crippen LogP contribution in [-0.2, 0) is 4.79 Å². The van der Waals surface area contributed by atoms with Crippen molar-refractivity contribution in [2.75, 3.05) is 13.1 Å². The predicted molar refractivity (Wildman–Crippen MR) is 88.4 cm³/mol.